The van der Waals surface area contributed by atoms with Crippen LogP contribution in [0.5, 0.6) is 0 Å². The van der Waals surface area contributed by atoms with Gasteiger partial charge in [0.2, 0.25) is 5.91 Å². The van der Waals surface area contributed by atoms with Gasteiger partial charge in [0.1, 0.15) is 0 Å². The van der Waals surface area contributed by atoms with Crippen LogP contribution in [0.3, 0.4) is 0 Å². The Morgan fingerprint density at radius 1 is 1.26 bits per heavy atom. The molecule has 0 saturated heterocycles. The standard InChI is InChI=1S/C15H25NO3/c1-4-10(2)9-11(3)16-14(17)12-7-5-6-8-13(12)15(18)19/h5-6,10-13H,4,7-9H2,1-3H3,(H,16,17)(H,18,19)/t10?,11?,12-,13+/m1/s1. The van der Waals surface area contributed by atoms with E-state index in [4.69, 9.17) is 5.11 Å². The molecule has 0 radical (unpaired) electrons. The molecule has 0 aromatic rings. The number of allylic oxidation sites excluding steroid dienone is 2. The van der Waals surface area contributed by atoms with Crippen LogP contribution < -0.4 is 5.32 Å². The smallest absolute Gasteiger partial charge is 0.307 e. The molecular weight excluding hydrogens is 242 g/mol. The lowest BCUT2D eigenvalue weighted by molar-refractivity contribution is -0.147. The number of carboxylic acids is 1. The van der Waals surface area contributed by atoms with Crippen LogP contribution in [-0.4, -0.2) is 23.0 Å². The number of amides is 1. The van der Waals surface area contributed by atoms with Gasteiger partial charge in [0, 0.05) is 6.04 Å². The Kier molecular flexibility index (Phi) is 6.06. The normalized spacial score (nSPS) is 25.6. The average molecular weight is 267 g/mol. The van der Waals surface area contributed by atoms with E-state index >= 15 is 0 Å². The lowest BCUT2D eigenvalue weighted by atomic mass is 9.82. The molecule has 0 aromatic carbocycles. The fraction of sp³-hybridized carbons (Fsp3) is 0.733. The lowest BCUT2D eigenvalue weighted by Gasteiger charge is -2.26. The number of hydrogen-bond donors (Lipinski definition) is 2. The molecule has 0 aromatic heterocycles. The van der Waals surface area contributed by atoms with Crippen LogP contribution in [0.4, 0.5) is 0 Å². The Morgan fingerprint density at radius 3 is 2.37 bits per heavy atom. The summed E-state index contributed by atoms with van der Waals surface area (Å²) in [4.78, 5) is 23.4. The van der Waals surface area contributed by atoms with E-state index in [0.717, 1.165) is 12.8 Å². The van der Waals surface area contributed by atoms with Gasteiger partial charge in [-0.3, -0.25) is 9.59 Å². The number of hydrogen-bond acceptors (Lipinski definition) is 2. The maximum Gasteiger partial charge on any atom is 0.307 e. The van der Waals surface area contributed by atoms with Crippen LogP contribution in [0.2, 0.25) is 0 Å². The number of carboxylic acid groups (broad SMARTS) is 1. The first kappa shape index (κ1) is 15.7. The Hall–Kier alpha value is -1.32. The highest BCUT2D eigenvalue weighted by molar-refractivity contribution is 5.85. The zero-order valence-electron chi connectivity index (χ0n) is 12.1. The van der Waals surface area contributed by atoms with E-state index in [1.54, 1.807) is 0 Å². The molecule has 0 bridgehead atoms. The van der Waals surface area contributed by atoms with Crippen molar-refractivity contribution in [2.24, 2.45) is 17.8 Å². The molecule has 1 rings (SSSR count). The van der Waals surface area contributed by atoms with Crippen LogP contribution >= 0.6 is 0 Å². The number of nitrogens with one attached hydrogen (secondary N) is 1. The van der Waals surface area contributed by atoms with Gasteiger partial charge in [0.25, 0.3) is 0 Å². The summed E-state index contributed by atoms with van der Waals surface area (Å²) in [6.07, 6.45) is 6.76. The molecule has 4 atom stereocenters. The van der Waals surface area contributed by atoms with E-state index in [9.17, 15) is 9.59 Å². The van der Waals surface area contributed by atoms with Crippen molar-refractivity contribution in [3.8, 4) is 0 Å². The van der Waals surface area contributed by atoms with Crippen LogP contribution in [0, 0.1) is 17.8 Å². The summed E-state index contributed by atoms with van der Waals surface area (Å²) < 4.78 is 0. The topological polar surface area (TPSA) is 66.4 Å². The van der Waals surface area contributed by atoms with Gasteiger partial charge in [-0.1, -0.05) is 32.4 Å². The van der Waals surface area contributed by atoms with E-state index in [2.05, 4.69) is 19.2 Å². The second-order valence-electron chi connectivity index (χ2n) is 5.65. The van der Waals surface area contributed by atoms with Crippen molar-refractivity contribution >= 4 is 11.9 Å². The van der Waals surface area contributed by atoms with Crippen molar-refractivity contribution < 1.29 is 14.7 Å². The SMILES string of the molecule is CCC(C)CC(C)NC(=O)[C@@H]1CC=CC[C@@H]1C(=O)O. The maximum absolute atomic E-state index is 12.2. The minimum absolute atomic E-state index is 0.0998. The molecule has 0 saturated carbocycles. The van der Waals surface area contributed by atoms with Crippen molar-refractivity contribution in [3.05, 3.63) is 12.2 Å². The third kappa shape index (κ3) is 4.69. The molecule has 0 spiro atoms. The van der Waals surface area contributed by atoms with Crippen molar-refractivity contribution in [3.63, 3.8) is 0 Å². The van der Waals surface area contributed by atoms with Gasteiger partial charge >= 0.3 is 5.97 Å². The van der Waals surface area contributed by atoms with E-state index in [1.165, 1.54) is 0 Å². The number of rotatable bonds is 6. The van der Waals surface area contributed by atoms with Crippen molar-refractivity contribution in [1.29, 1.82) is 0 Å². The predicted molar refractivity (Wildman–Crippen MR) is 74.7 cm³/mol. The molecular formula is C15H25NO3. The van der Waals surface area contributed by atoms with Gasteiger partial charge < -0.3 is 10.4 Å². The quantitative estimate of drug-likeness (QED) is 0.727. The summed E-state index contributed by atoms with van der Waals surface area (Å²) in [6, 6.07) is 0.0998. The fourth-order valence-corrected chi connectivity index (χ4v) is 2.56. The second kappa shape index (κ2) is 7.31. The van der Waals surface area contributed by atoms with Gasteiger partial charge in [0.05, 0.1) is 11.8 Å². The number of carbonyl (C=O) groups is 2. The highest BCUT2D eigenvalue weighted by Gasteiger charge is 2.34. The van der Waals surface area contributed by atoms with Crippen molar-refractivity contribution in [2.75, 3.05) is 0 Å². The first-order chi connectivity index (χ1) is 8.95. The zero-order chi connectivity index (χ0) is 14.4. The first-order valence-corrected chi connectivity index (χ1v) is 7.13. The van der Waals surface area contributed by atoms with E-state index in [1.807, 2.05) is 19.1 Å². The molecule has 2 N–H and O–H groups in total. The summed E-state index contributed by atoms with van der Waals surface area (Å²) in [6.45, 7) is 6.27. The average Bonchev–Trinajstić information content (AvgIpc) is 2.38. The number of carbonyl (C=O) groups excluding carboxylic acids is 1. The Balaban J connectivity index is 2.56. The third-order valence-electron chi connectivity index (χ3n) is 3.93. The van der Waals surface area contributed by atoms with Gasteiger partial charge in [-0.15, -0.1) is 0 Å². The highest BCUT2D eigenvalue weighted by Crippen LogP contribution is 2.26. The summed E-state index contributed by atoms with van der Waals surface area (Å²) in [5.41, 5.74) is 0. The van der Waals surface area contributed by atoms with Crippen LogP contribution in [0.25, 0.3) is 0 Å². The minimum Gasteiger partial charge on any atom is -0.481 e. The minimum atomic E-state index is -0.876. The van der Waals surface area contributed by atoms with E-state index < -0.39 is 17.8 Å². The van der Waals surface area contributed by atoms with Crippen LogP contribution in [0.15, 0.2) is 12.2 Å². The monoisotopic (exact) mass is 267 g/mol. The fourth-order valence-electron chi connectivity index (χ4n) is 2.56. The summed E-state index contributed by atoms with van der Waals surface area (Å²) in [5, 5.41) is 12.1. The van der Waals surface area contributed by atoms with Crippen molar-refractivity contribution in [1.82, 2.24) is 5.32 Å². The molecule has 1 amide bonds. The Morgan fingerprint density at radius 2 is 1.84 bits per heavy atom. The summed E-state index contributed by atoms with van der Waals surface area (Å²) in [5.74, 6) is -1.44. The summed E-state index contributed by atoms with van der Waals surface area (Å²) in [7, 11) is 0. The second-order valence-corrected chi connectivity index (χ2v) is 5.65. The molecule has 19 heavy (non-hydrogen) atoms. The molecule has 108 valence electrons. The largest absolute Gasteiger partial charge is 0.481 e. The molecule has 0 fully saturated rings. The molecule has 1 aliphatic rings. The zero-order valence-corrected chi connectivity index (χ0v) is 12.1. The molecule has 2 unspecified atom stereocenters. The summed E-state index contributed by atoms with van der Waals surface area (Å²) >= 11 is 0. The Labute approximate surface area is 115 Å². The molecule has 1 aliphatic carbocycles. The van der Waals surface area contributed by atoms with Crippen LogP contribution in [0.1, 0.15) is 46.5 Å². The first-order valence-electron chi connectivity index (χ1n) is 7.13. The predicted octanol–water partition coefficient (Wildman–Crippen LogP) is 2.59. The van der Waals surface area contributed by atoms with Gasteiger partial charge in [-0.2, -0.15) is 0 Å². The van der Waals surface area contributed by atoms with Gasteiger partial charge in [-0.25, -0.2) is 0 Å². The molecule has 0 aliphatic heterocycles. The van der Waals surface area contributed by atoms with Gasteiger partial charge in [0.15, 0.2) is 0 Å². The Bertz CT molecular complexity index is 351. The lowest BCUT2D eigenvalue weighted by Crippen LogP contribution is -2.42. The van der Waals surface area contributed by atoms with E-state index in [0.29, 0.717) is 18.8 Å². The van der Waals surface area contributed by atoms with E-state index in [-0.39, 0.29) is 11.9 Å². The van der Waals surface area contributed by atoms with Crippen LogP contribution in [-0.2, 0) is 9.59 Å². The number of aliphatic carboxylic acids is 1. The highest BCUT2D eigenvalue weighted by atomic mass is 16.4. The molecule has 4 heteroatoms. The maximum atomic E-state index is 12.2. The van der Waals surface area contributed by atoms with Crippen molar-refractivity contribution in [2.45, 2.75) is 52.5 Å². The third-order valence-corrected chi connectivity index (χ3v) is 3.93. The molecule has 4 nitrogen and oxygen atoms in total. The molecule has 0 heterocycles. The van der Waals surface area contributed by atoms with Gasteiger partial charge in [-0.05, 0) is 32.1 Å².